The molecule has 2 fully saturated rings. The maximum absolute atomic E-state index is 6.28. The number of pyridine rings is 1. The van der Waals surface area contributed by atoms with Gasteiger partial charge in [-0.2, -0.15) is 0 Å². The van der Waals surface area contributed by atoms with E-state index in [1.54, 1.807) is 0 Å². The van der Waals surface area contributed by atoms with Gasteiger partial charge in [-0.15, -0.1) is 0 Å². The average molecular weight is 321 g/mol. The number of piperidine rings is 1. The molecule has 24 heavy (non-hydrogen) atoms. The number of benzene rings is 1. The van der Waals surface area contributed by atoms with E-state index < -0.39 is 0 Å². The van der Waals surface area contributed by atoms with Crippen LogP contribution in [0.1, 0.15) is 31.0 Å². The number of aryl methyl sites for hydroxylation is 2. The summed E-state index contributed by atoms with van der Waals surface area (Å²) >= 11 is 0. The fraction of sp³-hybridized carbons (Fsp3) is 0.450. The molecule has 3 unspecified atom stereocenters. The second kappa shape index (κ2) is 4.96. The summed E-state index contributed by atoms with van der Waals surface area (Å²) in [6, 6.07) is 9.22. The van der Waals surface area contributed by atoms with Gasteiger partial charge in [-0.05, 0) is 51.3 Å². The first-order valence-electron chi connectivity index (χ1n) is 8.95. The monoisotopic (exact) mass is 321 g/mol. The lowest BCUT2D eigenvalue weighted by Crippen LogP contribution is -2.37. The number of nitrogens with zero attached hydrogens (tertiary/aromatic N) is 3. The van der Waals surface area contributed by atoms with Crippen molar-refractivity contribution in [2.24, 2.45) is 0 Å². The lowest BCUT2D eigenvalue weighted by molar-refractivity contribution is 0.244. The van der Waals surface area contributed by atoms with Gasteiger partial charge in [0.2, 0.25) is 5.71 Å². The zero-order valence-corrected chi connectivity index (χ0v) is 14.5. The predicted octanol–water partition coefficient (Wildman–Crippen LogP) is 4.23. The SMILES string of the molecule is Cc1ccc2c(n1)oc1c(N3C4CCCN(C4)C3C)c(C)ccc12. The standard InChI is InChI=1S/C20H23N3O/c1-12-6-8-16-17-9-7-13(2)21-20(17)24-19(16)18(12)23-14(3)22-10-4-5-15(23)11-22/h6-9,14-15H,4-5,10-11H2,1-3H3. The third-order valence-corrected chi connectivity index (χ3v) is 5.83. The van der Waals surface area contributed by atoms with Crippen molar-refractivity contribution in [1.82, 2.24) is 9.88 Å². The molecule has 2 saturated heterocycles. The summed E-state index contributed by atoms with van der Waals surface area (Å²) in [4.78, 5) is 9.79. The fourth-order valence-electron chi connectivity index (χ4n) is 4.62. The second-order valence-corrected chi connectivity index (χ2v) is 7.35. The van der Waals surface area contributed by atoms with Gasteiger partial charge >= 0.3 is 0 Å². The molecule has 0 N–H and O–H groups in total. The maximum Gasteiger partial charge on any atom is 0.227 e. The van der Waals surface area contributed by atoms with Crippen molar-refractivity contribution < 1.29 is 4.42 Å². The Morgan fingerprint density at radius 1 is 1.12 bits per heavy atom. The van der Waals surface area contributed by atoms with Crippen molar-refractivity contribution in [3.63, 3.8) is 0 Å². The molecule has 2 aromatic heterocycles. The van der Waals surface area contributed by atoms with Gasteiger partial charge in [-0.25, -0.2) is 4.98 Å². The Morgan fingerprint density at radius 3 is 2.79 bits per heavy atom. The first kappa shape index (κ1) is 14.3. The van der Waals surface area contributed by atoms with Crippen LogP contribution in [0, 0.1) is 13.8 Å². The molecule has 0 spiro atoms. The van der Waals surface area contributed by atoms with Gasteiger partial charge in [0.05, 0.1) is 11.9 Å². The van der Waals surface area contributed by atoms with Crippen molar-refractivity contribution in [2.75, 3.05) is 18.0 Å². The van der Waals surface area contributed by atoms with E-state index in [1.165, 1.54) is 42.6 Å². The van der Waals surface area contributed by atoms with E-state index >= 15 is 0 Å². The van der Waals surface area contributed by atoms with E-state index in [0.29, 0.717) is 12.2 Å². The molecule has 3 atom stereocenters. The molecular formula is C20H23N3O. The highest BCUT2D eigenvalue weighted by atomic mass is 16.3. The number of anilines is 1. The molecule has 5 rings (SSSR count). The highest BCUT2D eigenvalue weighted by Crippen LogP contribution is 2.42. The number of hydrogen-bond acceptors (Lipinski definition) is 4. The fourth-order valence-corrected chi connectivity index (χ4v) is 4.62. The van der Waals surface area contributed by atoms with E-state index in [9.17, 15) is 0 Å². The Morgan fingerprint density at radius 2 is 1.96 bits per heavy atom. The van der Waals surface area contributed by atoms with E-state index in [4.69, 9.17) is 4.42 Å². The molecule has 1 aromatic carbocycles. The number of fused-ring (bicyclic) bond motifs is 5. The van der Waals surface area contributed by atoms with Gasteiger partial charge in [-0.1, -0.05) is 12.1 Å². The minimum atomic E-state index is 0.435. The largest absolute Gasteiger partial charge is 0.436 e. The molecular weight excluding hydrogens is 298 g/mol. The molecule has 4 heteroatoms. The summed E-state index contributed by atoms with van der Waals surface area (Å²) in [6.07, 6.45) is 3.00. The summed E-state index contributed by atoms with van der Waals surface area (Å²) in [5.74, 6) is 0. The normalized spacial score (nSPS) is 26.6. The van der Waals surface area contributed by atoms with Gasteiger partial charge in [-0.3, -0.25) is 4.90 Å². The highest BCUT2D eigenvalue weighted by Gasteiger charge is 2.40. The van der Waals surface area contributed by atoms with E-state index in [-0.39, 0.29) is 0 Å². The maximum atomic E-state index is 6.28. The number of rotatable bonds is 1. The molecule has 0 aliphatic carbocycles. The van der Waals surface area contributed by atoms with Crippen LogP contribution in [-0.4, -0.2) is 35.2 Å². The van der Waals surface area contributed by atoms with Crippen LogP contribution < -0.4 is 4.90 Å². The number of hydrogen-bond donors (Lipinski definition) is 0. The van der Waals surface area contributed by atoms with Crippen LogP contribution >= 0.6 is 0 Å². The van der Waals surface area contributed by atoms with Crippen LogP contribution in [0.4, 0.5) is 5.69 Å². The minimum absolute atomic E-state index is 0.435. The molecule has 0 radical (unpaired) electrons. The summed E-state index contributed by atoms with van der Waals surface area (Å²) < 4.78 is 6.28. The lowest BCUT2D eigenvalue weighted by atomic mass is 10.0. The molecule has 4 nitrogen and oxygen atoms in total. The average Bonchev–Trinajstić information content (AvgIpc) is 3.03. The van der Waals surface area contributed by atoms with Crippen molar-refractivity contribution in [3.05, 3.63) is 35.5 Å². The first-order valence-corrected chi connectivity index (χ1v) is 8.95. The van der Waals surface area contributed by atoms with Crippen molar-refractivity contribution in [2.45, 2.75) is 45.8 Å². The Kier molecular flexibility index (Phi) is 2.95. The van der Waals surface area contributed by atoms with Crippen molar-refractivity contribution >= 4 is 27.8 Å². The zero-order chi connectivity index (χ0) is 16.4. The van der Waals surface area contributed by atoms with E-state index in [0.717, 1.165) is 22.4 Å². The van der Waals surface area contributed by atoms with E-state index in [2.05, 4.69) is 52.9 Å². The summed E-state index contributed by atoms with van der Waals surface area (Å²) in [7, 11) is 0. The van der Waals surface area contributed by atoms with Gasteiger partial charge in [0.1, 0.15) is 0 Å². The number of furan rings is 1. The Labute approximate surface area is 142 Å². The van der Waals surface area contributed by atoms with Crippen LogP contribution in [-0.2, 0) is 0 Å². The molecule has 2 aliphatic rings. The van der Waals surface area contributed by atoms with Crippen molar-refractivity contribution in [1.29, 1.82) is 0 Å². The predicted molar refractivity (Wildman–Crippen MR) is 97.5 cm³/mol. The second-order valence-electron chi connectivity index (χ2n) is 7.35. The molecule has 2 bridgehead atoms. The summed E-state index contributed by atoms with van der Waals surface area (Å²) in [5.41, 5.74) is 5.32. The first-order chi connectivity index (χ1) is 11.6. The third-order valence-electron chi connectivity index (χ3n) is 5.83. The molecule has 124 valence electrons. The van der Waals surface area contributed by atoms with Crippen molar-refractivity contribution in [3.8, 4) is 0 Å². The van der Waals surface area contributed by atoms with Crippen LogP contribution in [0.15, 0.2) is 28.7 Å². The molecule has 0 amide bonds. The number of aromatic nitrogens is 1. The van der Waals surface area contributed by atoms with E-state index in [1.807, 2.05) is 6.92 Å². The van der Waals surface area contributed by atoms with Crippen LogP contribution in [0.5, 0.6) is 0 Å². The highest BCUT2D eigenvalue weighted by molar-refractivity contribution is 6.08. The van der Waals surface area contributed by atoms with Crippen LogP contribution in [0.2, 0.25) is 0 Å². The zero-order valence-electron chi connectivity index (χ0n) is 14.5. The Hall–Kier alpha value is -2.07. The summed E-state index contributed by atoms with van der Waals surface area (Å²) in [6.45, 7) is 8.93. The van der Waals surface area contributed by atoms with Gasteiger partial charge in [0.25, 0.3) is 0 Å². The Bertz CT molecular complexity index is 943. The third kappa shape index (κ3) is 1.86. The van der Waals surface area contributed by atoms with Gasteiger partial charge in [0.15, 0.2) is 5.58 Å². The molecule has 4 heterocycles. The molecule has 2 aliphatic heterocycles. The van der Waals surface area contributed by atoms with Gasteiger partial charge < -0.3 is 9.32 Å². The lowest BCUT2D eigenvalue weighted by Gasteiger charge is -2.30. The van der Waals surface area contributed by atoms with Gasteiger partial charge in [0, 0.05) is 35.6 Å². The molecule has 3 aromatic rings. The summed E-state index contributed by atoms with van der Waals surface area (Å²) in [5, 5.41) is 2.30. The topological polar surface area (TPSA) is 32.5 Å². The Balaban J connectivity index is 1.78. The minimum Gasteiger partial charge on any atom is -0.436 e. The van der Waals surface area contributed by atoms with Crippen LogP contribution in [0.25, 0.3) is 22.1 Å². The molecule has 0 saturated carbocycles. The van der Waals surface area contributed by atoms with Crippen LogP contribution in [0.3, 0.4) is 0 Å². The quantitative estimate of drug-likeness (QED) is 0.671. The smallest absolute Gasteiger partial charge is 0.227 e.